The fraction of sp³-hybridized carbons (Fsp3) is 0.273. The highest BCUT2D eigenvalue weighted by Gasteiger charge is 2.17. The zero-order valence-electron chi connectivity index (χ0n) is 16.2. The second-order valence-electron chi connectivity index (χ2n) is 6.34. The highest BCUT2D eigenvalue weighted by atomic mass is 35.5. The number of esters is 1. The number of benzene rings is 2. The largest absolute Gasteiger partial charge is 0.469 e. The van der Waals surface area contributed by atoms with E-state index in [2.05, 4.69) is 11.9 Å². The monoisotopic (exact) mass is 402 g/mol. The van der Waals surface area contributed by atoms with Gasteiger partial charge in [-0.05, 0) is 47.7 Å². The smallest absolute Gasteiger partial charge is 0.307 e. The van der Waals surface area contributed by atoms with Crippen molar-refractivity contribution in [3.63, 3.8) is 0 Å². The number of aryl methyl sites for hydroxylation is 1. The number of nitrogens with one attached hydrogen (secondary N) is 1. The van der Waals surface area contributed by atoms with Gasteiger partial charge in [0, 0.05) is 18.2 Å². The molecule has 2 rings (SSSR count). The quantitative estimate of drug-likeness (QED) is 0.398. The number of ether oxygens (including phenoxy) is 1. The number of hydrogen-bond acceptors (Lipinski definition) is 4. The van der Waals surface area contributed by atoms with Crippen molar-refractivity contribution in [1.82, 2.24) is 5.32 Å². The molecule has 0 saturated heterocycles. The fourth-order valence-corrected chi connectivity index (χ4v) is 2.93. The highest BCUT2D eigenvalue weighted by Crippen LogP contribution is 2.30. The number of rotatable bonds is 8. The third kappa shape index (κ3) is 5.94. The van der Waals surface area contributed by atoms with E-state index in [0.717, 1.165) is 22.3 Å². The summed E-state index contributed by atoms with van der Waals surface area (Å²) in [7, 11) is 1.34. The summed E-state index contributed by atoms with van der Waals surface area (Å²) in [5.74, 6) is -0.481. The van der Waals surface area contributed by atoms with Crippen molar-refractivity contribution in [2.24, 2.45) is 5.73 Å². The molecule has 0 fully saturated rings. The van der Waals surface area contributed by atoms with E-state index in [1.165, 1.54) is 7.11 Å². The Balaban J connectivity index is 0.00000392. The Labute approximate surface area is 172 Å². The van der Waals surface area contributed by atoms with Crippen LogP contribution >= 0.6 is 12.4 Å². The van der Waals surface area contributed by atoms with Gasteiger partial charge in [-0.3, -0.25) is 9.59 Å². The number of nitrogens with two attached hydrogens (primary N) is 1. The maximum absolute atomic E-state index is 12.6. The molecule has 2 aromatic rings. The van der Waals surface area contributed by atoms with E-state index in [4.69, 9.17) is 10.5 Å². The van der Waals surface area contributed by atoms with Crippen LogP contribution in [0.5, 0.6) is 0 Å². The molecule has 0 aromatic heterocycles. The van der Waals surface area contributed by atoms with Gasteiger partial charge in [0.25, 0.3) is 5.91 Å². The Morgan fingerprint density at radius 3 is 2.64 bits per heavy atom. The molecule has 0 aliphatic carbocycles. The van der Waals surface area contributed by atoms with Crippen LogP contribution < -0.4 is 11.1 Å². The number of carbonyl (C=O) groups excluding carboxylic acids is 2. The van der Waals surface area contributed by atoms with Gasteiger partial charge in [-0.15, -0.1) is 19.0 Å². The SMILES string of the molecule is C=CCCNC(=O)c1cccc(C)c1-c1cccc([C@@H](N)CC(=O)OC)c1.Cl. The molecule has 3 N–H and O–H groups in total. The van der Waals surface area contributed by atoms with Crippen molar-refractivity contribution in [1.29, 1.82) is 0 Å². The van der Waals surface area contributed by atoms with Gasteiger partial charge >= 0.3 is 5.97 Å². The summed E-state index contributed by atoms with van der Waals surface area (Å²) in [6.45, 7) is 6.18. The first-order valence-electron chi connectivity index (χ1n) is 8.89. The van der Waals surface area contributed by atoms with Crippen LogP contribution in [0.3, 0.4) is 0 Å². The third-order valence-corrected chi connectivity index (χ3v) is 4.37. The molecule has 0 aliphatic heterocycles. The summed E-state index contributed by atoms with van der Waals surface area (Å²) >= 11 is 0. The first kappa shape index (κ1) is 23.4. The van der Waals surface area contributed by atoms with Gasteiger partial charge in [0.15, 0.2) is 0 Å². The van der Waals surface area contributed by atoms with E-state index >= 15 is 0 Å². The molecule has 0 radical (unpaired) electrons. The van der Waals surface area contributed by atoms with E-state index < -0.39 is 6.04 Å². The summed E-state index contributed by atoms with van der Waals surface area (Å²) in [6.07, 6.45) is 2.58. The van der Waals surface area contributed by atoms with Crippen molar-refractivity contribution >= 4 is 24.3 Å². The Hall–Kier alpha value is -2.63. The van der Waals surface area contributed by atoms with Gasteiger partial charge in [0.2, 0.25) is 0 Å². The maximum atomic E-state index is 12.6. The Morgan fingerprint density at radius 2 is 1.96 bits per heavy atom. The lowest BCUT2D eigenvalue weighted by Crippen LogP contribution is -2.25. The van der Waals surface area contributed by atoms with Crippen LogP contribution in [-0.2, 0) is 9.53 Å². The van der Waals surface area contributed by atoms with Crippen LogP contribution in [0.25, 0.3) is 11.1 Å². The van der Waals surface area contributed by atoms with Crippen molar-refractivity contribution in [3.05, 3.63) is 71.8 Å². The molecule has 0 unspecified atom stereocenters. The van der Waals surface area contributed by atoms with Gasteiger partial charge in [-0.25, -0.2) is 0 Å². The third-order valence-electron chi connectivity index (χ3n) is 4.37. The highest BCUT2D eigenvalue weighted by molar-refractivity contribution is 6.01. The first-order valence-corrected chi connectivity index (χ1v) is 8.89. The van der Waals surface area contributed by atoms with Crippen molar-refractivity contribution in [3.8, 4) is 11.1 Å². The molecule has 5 nitrogen and oxygen atoms in total. The predicted octanol–water partition coefficient (Wildman–Crippen LogP) is 3.95. The minimum atomic E-state index is -0.466. The molecule has 28 heavy (non-hydrogen) atoms. The normalized spacial score (nSPS) is 11.1. The summed E-state index contributed by atoms with van der Waals surface area (Å²) in [5.41, 5.74) is 10.3. The summed E-state index contributed by atoms with van der Waals surface area (Å²) in [4.78, 5) is 24.1. The molecular formula is C22H27ClN2O3. The molecule has 1 amide bonds. The second kappa shape index (κ2) is 11.3. The van der Waals surface area contributed by atoms with Crippen LogP contribution in [0.4, 0.5) is 0 Å². The van der Waals surface area contributed by atoms with Crippen LogP contribution in [0, 0.1) is 6.92 Å². The lowest BCUT2D eigenvalue weighted by atomic mass is 9.92. The number of carbonyl (C=O) groups is 2. The number of amides is 1. The van der Waals surface area contributed by atoms with Crippen molar-refractivity contribution < 1.29 is 14.3 Å². The molecule has 1 atom stereocenters. The second-order valence-corrected chi connectivity index (χ2v) is 6.34. The molecule has 6 heteroatoms. The lowest BCUT2D eigenvalue weighted by molar-refractivity contribution is -0.141. The summed E-state index contributed by atoms with van der Waals surface area (Å²) in [6, 6.07) is 12.8. The van der Waals surface area contributed by atoms with Gasteiger partial charge in [-0.1, -0.05) is 36.4 Å². The molecule has 2 aromatic carbocycles. The molecular weight excluding hydrogens is 376 g/mol. The average Bonchev–Trinajstić information content (AvgIpc) is 2.67. The van der Waals surface area contributed by atoms with Crippen molar-refractivity contribution in [2.45, 2.75) is 25.8 Å². The van der Waals surface area contributed by atoms with E-state index in [0.29, 0.717) is 18.5 Å². The van der Waals surface area contributed by atoms with Crippen LogP contribution in [0.15, 0.2) is 55.1 Å². The number of methoxy groups -OCH3 is 1. The van der Waals surface area contributed by atoms with Crippen molar-refractivity contribution in [2.75, 3.05) is 13.7 Å². The van der Waals surface area contributed by atoms with E-state index in [1.807, 2.05) is 49.4 Å². The Kier molecular flexibility index (Phi) is 9.42. The first-order chi connectivity index (χ1) is 13.0. The van der Waals surface area contributed by atoms with Gasteiger partial charge in [0.1, 0.15) is 0 Å². The van der Waals surface area contributed by atoms with Crippen LogP contribution in [0.1, 0.15) is 40.4 Å². The minimum absolute atomic E-state index is 0. The fourth-order valence-electron chi connectivity index (χ4n) is 2.93. The molecule has 0 aliphatic rings. The van der Waals surface area contributed by atoms with E-state index in [1.54, 1.807) is 6.08 Å². The molecule has 150 valence electrons. The van der Waals surface area contributed by atoms with Gasteiger partial charge in [0.05, 0.1) is 13.5 Å². The van der Waals surface area contributed by atoms with Gasteiger partial charge < -0.3 is 15.8 Å². The standard InChI is InChI=1S/C22H26N2O3.ClH/c1-4-5-12-24-22(26)18-11-6-8-15(2)21(18)17-10-7-9-16(13-17)19(23)14-20(25)27-3;/h4,6-11,13,19H,1,5,12,14,23H2,2-3H3,(H,24,26);1H/t19-;/m0./s1. The van der Waals surface area contributed by atoms with Gasteiger partial charge in [-0.2, -0.15) is 0 Å². The summed E-state index contributed by atoms with van der Waals surface area (Å²) in [5, 5.41) is 2.91. The number of hydrogen-bond donors (Lipinski definition) is 2. The van der Waals surface area contributed by atoms with E-state index in [-0.39, 0.29) is 30.7 Å². The minimum Gasteiger partial charge on any atom is -0.469 e. The molecule has 0 heterocycles. The zero-order valence-corrected chi connectivity index (χ0v) is 17.1. The average molecular weight is 403 g/mol. The number of halogens is 1. The Morgan fingerprint density at radius 1 is 1.25 bits per heavy atom. The lowest BCUT2D eigenvalue weighted by Gasteiger charge is -2.16. The molecule has 0 bridgehead atoms. The van der Waals surface area contributed by atoms with E-state index in [9.17, 15) is 9.59 Å². The van der Waals surface area contributed by atoms with Crippen LogP contribution in [0.2, 0.25) is 0 Å². The molecule has 0 spiro atoms. The predicted molar refractivity (Wildman–Crippen MR) is 115 cm³/mol. The van der Waals surface area contributed by atoms with Crippen LogP contribution in [-0.4, -0.2) is 25.5 Å². The molecule has 0 saturated carbocycles. The summed E-state index contributed by atoms with van der Waals surface area (Å²) < 4.78 is 4.69. The maximum Gasteiger partial charge on any atom is 0.307 e. The zero-order chi connectivity index (χ0) is 19.8. The Bertz CT molecular complexity index is 836. The topological polar surface area (TPSA) is 81.4 Å².